The van der Waals surface area contributed by atoms with E-state index < -0.39 is 6.04 Å². The van der Waals surface area contributed by atoms with Gasteiger partial charge in [-0.05, 0) is 49.2 Å². The largest absolute Gasteiger partial charge is 0.497 e. The highest BCUT2D eigenvalue weighted by Crippen LogP contribution is 2.28. The highest BCUT2D eigenvalue weighted by atomic mass is 79.9. The molecule has 2 heterocycles. The van der Waals surface area contributed by atoms with Crippen molar-refractivity contribution in [1.29, 1.82) is 0 Å². The fraction of sp³-hybridized carbons (Fsp3) is 0.238. The van der Waals surface area contributed by atoms with E-state index in [1.165, 1.54) is 11.3 Å². The number of nitrogens with zero attached hydrogens (tertiary/aromatic N) is 3. The van der Waals surface area contributed by atoms with E-state index in [-0.39, 0.29) is 11.9 Å². The molecule has 0 spiro atoms. The van der Waals surface area contributed by atoms with Crippen LogP contribution in [-0.4, -0.2) is 46.7 Å². The SMILES string of the molecule is COc1ccc(NC(=O)N2CCCC2C(=O)Nc2nnc(-c3ccc(Br)cc3)s2)cc1. The van der Waals surface area contributed by atoms with E-state index in [1.807, 2.05) is 24.3 Å². The normalized spacial score (nSPS) is 15.5. The molecule has 1 aliphatic heterocycles. The molecule has 0 bridgehead atoms. The molecule has 2 N–H and O–H groups in total. The second-order valence-corrected chi connectivity index (χ2v) is 8.81. The molecular formula is C21H20BrN5O3S. The third-order valence-electron chi connectivity index (χ3n) is 4.90. The number of carbonyl (C=O) groups is 2. The third-order valence-corrected chi connectivity index (χ3v) is 6.32. The van der Waals surface area contributed by atoms with Gasteiger partial charge in [0.05, 0.1) is 7.11 Å². The maximum atomic E-state index is 12.8. The fourth-order valence-electron chi connectivity index (χ4n) is 3.32. The molecule has 3 aromatic rings. The van der Waals surface area contributed by atoms with E-state index >= 15 is 0 Å². The van der Waals surface area contributed by atoms with E-state index in [0.717, 1.165) is 16.5 Å². The van der Waals surface area contributed by atoms with Crippen LogP contribution in [0.5, 0.6) is 5.75 Å². The van der Waals surface area contributed by atoms with E-state index in [9.17, 15) is 9.59 Å². The van der Waals surface area contributed by atoms with Gasteiger partial charge >= 0.3 is 6.03 Å². The number of methoxy groups -OCH3 is 1. The van der Waals surface area contributed by atoms with Crippen molar-refractivity contribution >= 4 is 50.0 Å². The molecular weight excluding hydrogens is 482 g/mol. The molecule has 0 saturated carbocycles. The van der Waals surface area contributed by atoms with Crippen molar-refractivity contribution in [2.75, 3.05) is 24.3 Å². The number of anilines is 2. The molecule has 0 aliphatic carbocycles. The van der Waals surface area contributed by atoms with Gasteiger partial charge < -0.3 is 15.0 Å². The summed E-state index contributed by atoms with van der Waals surface area (Å²) in [6.07, 6.45) is 1.36. The summed E-state index contributed by atoms with van der Waals surface area (Å²) in [6, 6.07) is 13.9. The topological polar surface area (TPSA) is 96.5 Å². The summed E-state index contributed by atoms with van der Waals surface area (Å²) < 4.78 is 6.10. The lowest BCUT2D eigenvalue weighted by Gasteiger charge is -2.23. The van der Waals surface area contributed by atoms with Crippen molar-refractivity contribution in [3.63, 3.8) is 0 Å². The Morgan fingerprint density at radius 1 is 1.10 bits per heavy atom. The Hall–Kier alpha value is -2.98. The van der Waals surface area contributed by atoms with Crippen LogP contribution in [0.3, 0.4) is 0 Å². The van der Waals surface area contributed by atoms with Gasteiger partial charge in [-0.3, -0.25) is 10.1 Å². The summed E-state index contributed by atoms with van der Waals surface area (Å²) in [5.41, 5.74) is 1.56. The molecule has 1 saturated heterocycles. The molecule has 1 fully saturated rings. The summed E-state index contributed by atoms with van der Waals surface area (Å²) in [5, 5.41) is 15.0. The minimum Gasteiger partial charge on any atom is -0.497 e. The number of halogens is 1. The minimum atomic E-state index is -0.557. The van der Waals surface area contributed by atoms with Gasteiger partial charge in [0.25, 0.3) is 0 Å². The average molecular weight is 502 g/mol. The van der Waals surface area contributed by atoms with Crippen LogP contribution in [0.2, 0.25) is 0 Å². The zero-order valence-electron chi connectivity index (χ0n) is 16.7. The number of nitrogens with one attached hydrogen (secondary N) is 2. The van der Waals surface area contributed by atoms with Gasteiger partial charge in [0.15, 0.2) is 0 Å². The van der Waals surface area contributed by atoms with Gasteiger partial charge in [-0.1, -0.05) is 39.4 Å². The molecule has 3 amide bonds. The first-order valence-corrected chi connectivity index (χ1v) is 11.3. The first-order chi connectivity index (χ1) is 15.0. The number of aromatic nitrogens is 2. The standard InChI is InChI=1S/C21H20BrN5O3S/c1-30-16-10-8-15(9-11-16)23-21(29)27-12-2-3-17(27)18(28)24-20-26-25-19(31-20)13-4-6-14(22)7-5-13/h4-11,17H,2-3,12H2,1H3,(H,23,29)(H,24,26,28). The van der Waals surface area contributed by atoms with Crippen molar-refractivity contribution in [3.8, 4) is 16.3 Å². The lowest BCUT2D eigenvalue weighted by Crippen LogP contribution is -2.45. The fourth-order valence-corrected chi connectivity index (χ4v) is 4.34. The number of hydrogen-bond acceptors (Lipinski definition) is 6. The smallest absolute Gasteiger partial charge is 0.322 e. The van der Waals surface area contributed by atoms with Crippen LogP contribution in [0, 0.1) is 0 Å². The molecule has 0 radical (unpaired) electrons. The van der Waals surface area contributed by atoms with Crippen LogP contribution in [0.25, 0.3) is 10.6 Å². The number of ether oxygens (including phenoxy) is 1. The van der Waals surface area contributed by atoms with Gasteiger partial charge in [-0.2, -0.15) is 0 Å². The Labute approximate surface area is 191 Å². The number of carbonyl (C=O) groups excluding carboxylic acids is 2. The quantitative estimate of drug-likeness (QED) is 0.531. The Bertz CT molecular complexity index is 1070. The Balaban J connectivity index is 1.39. The van der Waals surface area contributed by atoms with Gasteiger partial charge in [-0.15, -0.1) is 10.2 Å². The van der Waals surface area contributed by atoms with E-state index in [0.29, 0.717) is 34.5 Å². The average Bonchev–Trinajstić information content (AvgIpc) is 3.45. The molecule has 1 unspecified atom stereocenters. The summed E-state index contributed by atoms with van der Waals surface area (Å²) >= 11 is 4.70. The second-order valence-electron chi connectivity index (χ2n) is 6.92. The van der Waals surface area contributed by atoms with Crippen molar-refractivity contribution in [2.24, 2.45) is 0 Å². The predicted molar refractivity (Wildman–Crippen MR) is 123 cm³/mol. The predicted octanol–water partition coefficient (Wildman–Crippen LogP) is 4.61. The highest BCUT2D eigenvalue weighted by molar-refractivity contribution is 9.10. The van der Waals surface area contributed by atoms with E-state index in [1.54, 1.807) is 36.3 Å². The number of urea groups is 1. The maximum absolute atomic E-state index is 12.8. The van der Waals surface area contributed by atoms with Crippen molar-refractivity contribution in [2.45, 2.75) is 18.9 Å². The second kappa shape index (κ2) is 9.44. The molecule has 1 aliphatic rings. The van der Waals surface area contributed by atoms with Gasteiger partial charge in [0.1, 0.15) is 16.8 Å². The van der Waals surface area contributed by atoms with Crippen LogP contribution in [0.4, 0.5) is 15.6 Å². The Morgan fingerprint density at radius 3 is 2.55 bits per heavy atom. The molecule has 1 atom stereocenters. The van der Waals surface area contributed by atoms with E-state index in [4.69, 9.17) is 4.74 Å². The Kier molecular flexibility index (Phi) is 6.47. The Morgan fingerprint density at radius 2 is 1.84 bits per heavy atom. The molecule has 160 valence electrons. The molecule has 8 nitrogen and oxygen atoms in total. The van der Waals surface area contributed by atoms with Gasteiger partial charge in [0.2, 0.25) is 11.0 Å². The van der Waals surface area contributed by atoms with Crippen LogP contribution in [0.15, 0.2) is 53.0 Å². The summed E-state index contributed by atoms with van der Waals surface area (Å²) in [4.78, 5) is 27.1. The highest BCUT2D eigenvalue weighted by Gasteiger charge is 2.34. The summed E-state index contributed by atoms with van der Waals surface area (Å²) in [6.45, 7) is 0.514. The van der Waals surface area contributed by atoms with Gasteiger partial charge in [0, 0.05) is 22.3 Å². The lowest BCUT2D eigenvalue weighted by atomic mass is 10.2. The number of amides is 3. The number of hydrogen-bond donors (Lipinski definition) is 2. The molecule has 1 aromatic heterocycles. The number of benzene rings is 2. The monoisotopic (exact) mass is 501 g/mol. The van der Waals surface area contributed by atoms with Gasteiger partial charge in [-0.25, -0.2) is 4.79 Å². The summed E-state index contributed by atoms with van der Waals surface area (Å²) in [5.74, 6) is 0.442. The number of rotatable bonds is 5. The van der Waals surface area contributed by atoms with Crippen molar-refractivity contribution in [3.05, 3.63) is 53.0 Å². The third kappa shape index (κ3) is 5.02. The summed E-state index contributed by atoms with van der Waals surface area (Å²) in [7, 11) is 1.58. The molecule has 31 heavy (non-hydrogen) atoms. The van der Waals surface area contributed by atoms with Crippen molar-refractivity contribution < 1.29 is 14.3 Å². The minimum absolute atomic E-state index is 0.263. The number of likely N-dealkylation sites (tertiary alicyclic amines) is 1. The first kappa shape index (κ1) is 21.3. The van der Waals surface area contributed by atoms with Crippen LogP contribution < -0.4 is 15.4 Å². The zero-order valence-corrected chi connectivity index (χ0v) is 19.1. The van der Waals surface area contributed by atoms with Crippen LogP contribution in [-0.2, 0) is 4.79 Å². The van der Waals surface area contributed by atoms with Crippen LogP contribution >= 0.6 is 27.3 Å². The zero-order chi connectivity index (χ0) is 21.8. The van der Waals surface area contributed by atoms with Crippen molar-refractivity contribution in [1.82, 2.24) is 15.1 Å². The van der Waals surface area contributed by atoms with E-state index in [2.05, 4.69) is 36.8 Å². The first-order valence-electron chi connectivity index (χ1n) is 9.65. The molecule has 2 aromatic carbocycles. The maximum Gasteiger partial charge on any atom is 0.322 e. The molecule has 10 heteroatoms. The lowest BCUT2D eigenvalue weighted by molar-refractivity contribution is -0.119. The molecule has 4 rings (SSSR count). The van der Waals surface area contributed by atoms with Crippen LogP contribution in [0.1, 0.15) is 12.8 Å².